The minimum atomic E-state index is -0.516. The summed E-state index contributed by atoms with van der Waals surface area (Å²) in [7, 11) is 3.38. The Bertz CT molecular complexity index is 655. The first-order valence-corrected chi connectivity index (χ1v) is 9.69. The molecule has 1 saturated heterocycles. The summed E-state index contributed by atoms with van der Waals surface area (Å²) < 4.78 is 12.2. The number of rotatable bonds is 6. The van der Waals surface area contributed by atoms with E-state index in [4.69, 9.17) is 9.47 Å². The Labute approximate surface area is 166 Å². The number of carbonyl (C=O) groups is 2. The number of nitrogens with zero attached hydrogens (tertiary/aromatic N) is 4. The molecule has 0 aromatic carbocycles. The van der Waals surface area contributed by atoms with Crippen LogP contribution in [0.4, 0.5) is 15.3 Å². The van der Waals surface area contributed by atoms with Gasteiger partial charge in [-0.15, -0.1) is 0 Å². The number of carbonyl (C=O) groups excluding carboxylic acids is 2. The van der Waals surface area contributed by atoms with Crippen LogP contribution < -0.4 is 5.32 Å². The number of ether oxygens (including phenoxy) is 2. The Morgan fingerprint density at radius 3 is 2.82 bits per heavy atom. The third-order valence-corrected chi connectivity index (χ3v) is 4.45. The molecule has 1 aliphatic rings. The summed E-state index contributed by atoms with van der Waals surface area (Å²) in [5.74, 6) is 0.224. The van der Waals surface area contributed by atoms with Crippen LogP contribution in [0.25, 0.3) is 0 Å². The zero-order valence-electron chi connectivity index (χ0n) is 17.6. The second kappa shape index (κ2) is 9.77. The fourth-order valence-electron chi connectivity index (χ4n) is 3.14. The molecule has 1 aromatic heterocycles. The van der Waals surface area contributed by atoms with E-state index in [0.29, 0.717) is 38.5 Å². The first-order chi connectivity index (χ1) is 13.2. The van der Waals surface area contributed by atoms with E-state index in [1.165, 1.54) is 0 Å². The van der Waals surface area contributed by atoms with Crippen LogP contribution in [0.5, 0.6) is 0 Å². The third-order valence-electron chi connectivity index (χ3n) is 4.45. The molecule has 0 radical (unpaired) electrons. The molecule has 9 heteroatoms. The van der Waals surface area contributed by atoms with Gasteiger partial charge in [0.2, 0.25) is 0 Å². The summed E-state index contributed by atoms with van der Waals surface area (Å²) in [6.07, 6.45) is 4.97. The standard InChI is InChI=1S/C19H33N5O4/c1-19(2,3)28-18(26)22(4)12-15-7-6-8-23(13-15)17(25)21-16-11-20-24(14-16)9-10-27-5/h11,14-15H,6-10,12-13H2,1-5H3,(H,21,25). The molecular weight excluding hydrogens is 362 g/mol. The van der Waals surface area contributed by atoms with E-state index >= 15 is 0 Å². The van der Waals surface area contributed by atoms with Crippen LogP contribution in [-0.2, 0) is 16.0 Å². The molecular formula is C19H33N5O4. The maximum atomic E-state index is 12.6. The van der Waals surface area contributed by atoms with Gasteiger partial charge in [-0.3, -0.25) is 4.68 Å². The van der Waals surface area contributed by atoms with Crippen molar-refractivity contribution >= 4 is 17.8 Å². The lowest BCUT2D eigenvalue weighted by Crippen LogP contribution is -2.46. The topological polar surface area (TPSA) is 88.9 Å². The lowest BCUT2D eigenvalue weighted by molar-refractivity contribution is 0.0253. The highest BCUT2D eigenvalue weighted by Gasteiger charge is 2.27. The van der Waals surface area contributed by atoms with Crippen molar-refractivity contribution in [1.29, 1.82) is 0 Å². The summed E-state index contributed by atoms with van der Waals surface area (Å²) in [6.45, 7) is 8.62. The Morgan fingerprint density at radius 1 is 1.39 bits per heavy atom. The van der Waals surface area contributed by atoms with Crippen molar-refractivity contribution in [2.75, 3.05) is 45.7 Å². The Balaban J connectivity index is 1.84. The molecule has 0 saturated carbocycles. The van der Waals surface area contributed by atoms with Crippen molar-refractivity contribution in [2.45, 2.75) is 45.8 Å². The molecule has 1 aliphatic heterocycles. The third kappa shape index (κ3) is 7.03. The number of piperidine rings is 1. The van der Waals surface area contributed by atoms with Gasteiger partial charge in [0.15, 0.2) is 0 Å². The van der Waals surface area contributed by atoms with Crippen LogP contribution in [0.2, 0.25) is 0 Å². The van der Waals surface area contributed by atoms with Gasteiger partial charge < -0.3 is 24.6 Å². The van der Waals surface area contributed by atoms with Crippen molar-refractivity contribution in [3.63, 3.8) is 0 Å². The van der Waals surface area contributed by atoms with Crippen LogP contribution >= 0.6 is 0 Å². The van der Waals surface area contributed by atoms with E-state index in [1.807, 2.05) is 20.8 Å². The van der Waals surface area contributed by atoms with Gasteiger partial charge in [-0.2, -0.15) is 5.10 Å². The highest BCUT2D eigenvalue weighted by atomic mass is 16.6. The molecule has 1 aromatic rings. The van der Waals surface area contributed by atoms with Crippen molar-refractivity contribution in [1.82, 2.24) is 19.6 Å². The average Bonchev–Trinajstić information content (AvgIpc) is 3.06. The number of hydrogen-bond acceptors (Lipinski definition) is 5. The van der Waals surface area contributed by atoms with Crippen LogP contribution in [-0.4, -0.2) is 77.7 Å². The van der Waals surface area contributed by atoms with Crippen LogP contribution in [0.3, 0.4) is 0 Å². The Hall–Kier alpha value is -2.29. The van der Waals surface area contributed by atoms with Gasteiger partial charge in [-0.25, -0.2) is 9.59 Å². The van der Waals surface area contributed by atoms with Gasteiger partial charge in [-0.05, 0) is 39.5 Å². The number of methoxy groups -OCH3 is 1. The number of aromatic nitrogens is 2. The lowest BCUT2D eigenvalue weighted by atomic mass is 9.98. The highest BCUT2D eigenvalue weighted by molar-refractivity contribution is 5.89. The molecule has 1 atom stereocenters. The van der Waals surface area contributed by atoms with Crippen molar-refractivity contribution < 1.29 is 19.1 Å². The summed E-state index contributed by atoms with van der Waals surface area (Å²) in [6, 6.07) is -0.143. The van der Waals surface area contributed by atoms with Gasteiger partial charge in [0, 0.05) is 40.0 Å². The fraction of sp³-hybridized carbons (Fsp3) is 0.737. The SMILES string of the molecule is COCCn1cc(NC(=O)N2CCCC(CN(C)C(=O)OC(C)(C)C)C2)cn1. The lowest BCUT2D eigenvalue weighted by Gasteiger charge is -2.35. The van der Waals surface area contributed by atoms with Crippen LogP contribution in [0.15, 0.2) is 12.4 Å². The number of likely N-dealkylation sites (tertiary alicyclic amines) is 1. The molecule has 3 amide bonds. The number of urea groups is 1. The molecule has 2 heterocycles. The second-order valence-electron chi connectivity index (χ2n) is 8.23. The normalized spacial score (nSPS) is 17.3. The van der Waals surface area contributed by atoms with E-state index in [0.717, 1.165) is 12.8 Å². The molecule has 2 rings (SSSR count). The monoisotopic (exact) mass is 395 g/mol. The Morgan fingerprint density at radius 2 is 2.14 bits per heavy atom. The molecule has 0 spiro atoms. The first kappa shape index (κ1) is 22.0. The fourth-order valence-corrected chi connectivity index (χ4v) is 3.14. The molecule has 1 fully saturated rings. The van der Waals surface area contributed by atoms with Crippen molar-refractivity contribution in [3.05, 3.63) is 12.4 Å². The van der Waals surface area contributed by atoms with Gasteiger partial charge in [-0.1, -0.05) is 0 Å². The maximum Gasteiger partial charge on any atom is 0.410 e. The van der Waals surface area contributed by atoms with E-state index in [2.05, 4.69) is 10.4 Å². The number of anilines is 1. The molecule has 0 bridgehead atoms. The first-order valence-electron chi connectivity index (χ1n) is 9.69. The van der Waals surface area contributed by atoms with E-state index in [9.17, 15) is 9.59 Å². The number of nitrogens with one attached hydrogen (secondary N) is 1. The second-order valence-corrected chi connectivity index (χ2v) is 8.23. The van der Waals surface area contributed by atoms with Crippen LogP contribution in [0, 0.1) is 5.92 Å². The largest absolute Gasteiger partial charge is 0.444 e. The number of hydrogen-bond donors (Lipinski definition) is 1. The van der Waals surface area contributed by atoms with Crippen LogP contribution in [0.1, 0.15) is 33.6 Å². The zero-order chi connectivity index (χ0) is 20.7. The Kier molecular flexibility index (Phi) is 7.68. The predicted molar refractivity (Wildman–Crippen MR) is 106 cm³/mol. The molecule has 0 aliphatic carbocycles. The molecule has 28 heavy (non-hydrogen) atoms. The number of amides is 3. The maximum absolute atomic E-state index is 12.6. The zero-order valence-corrected chi connectivity index (χ0v) is 17.6. The van der Waals surface area contributed by atoms with Gasteiger partial charge in [0.1, 0.15) is 5.60 Å². The summed E-state index contributed by atoms with van der Waals surface area (Å²) in [4.78, 5) is 28.1. The van der Waals surface area contributed by atoms with Crippen molar-refractivity contribution in [2.24, 2.45) is 5.92 Å². The molecule has 1 N–H and O–H groups in total. The van der Waals surface area contributed by atoms with E-state index in [1.54, 1.807) is 41.0 Å². The summed E-state index contributed by atoms with van der Waals surface area (Å²) >= 11 is 0. The summed E-state index contributed by atoms with van der Waals surface area (Å²) in [5.41, 5.74) is 0.145. The molecule has 9 nitrogen and oxygen atoms in total. The minimum Gasteiger partial charge on any atom is -0.444 e. The summed E-state index contributed by atoms with van der Waals surface area (Å²) in [5, 5.41) is 7.09. The predicted octanol–water partition coefficient (Wildman–Crippen LogP) is 2.64. The van der Waals surface area contributed by atoms with Gasteiger partial charge in [0.25, 0.3) is 0 Å². The van der Waals surface area contributed by atoms with E-state index in [-0.39, 0.29) is 18.0 Å². The van der Waals surface area contributed by atoms with Crippen molar-refractivity contribution in [3.8, 4) is 0 Å². The van der Waals surface area contributed by atoms with Gasteiger partial charge in [0.05, 0.1) is 25.0 Å². The quantitative estimate of drug-likeness (QED) is 0.800. The highest BCUT2D eigenvalue weighted by Crippen LogP contribution is 2.19. The molecule has 1 unspecified atom stereocenters. The smallest absolute Gasteiger partial charge is 0.410 e. The van der Waals surface area contributed by atoms with E-state index < -0.39 is 5.60 Å². The van der Waals surface area contributed by atoms with Gasteiger partial charge >= 0.3 is 12.1 Å². The average molecular weight is 396 g/mol. The molecule has 158 valence electrons. The minimum absolute atomic E-state index is 0.143.